The van der Waals surface area contributed by atoms with Gasteiger partial charge in [-0.2, -0.15) is 0 Å². The summed E-state index contributed by atoms with van der Waals surface area (Å²) in [5.74, 6) is -0.892. The summed E-state index contributed by atoms with van der Waals surface area (Å²) in [5.41, 5.74) is 0.0875. The van der Waals surface area contributed by atoms with Crippen molar-refractivity contribution in [3.63, 3.8) is 0 Å². The van der Waals surface area contributed by atoms with E-state index in [1.54, 1.807) is 0 Å². The van der Waals surface area contributed by atoms with E-state index in [1.165, 1.54) is 13.0 Å². The highest BCUT2D eigenvalue weighted by molar-refractivity contribution is 6.31. The molecule has 1 rings (SSSR count). The van der Waals surface area contributed by atoms with Gasteiger partial charge in [0.2, 0.25) is 5.91 Å². The molecular formula is C11H13ClFNO3. The Morgan fingerprint density at radius 3 is 2.76 bits per heavy atom. The lowest BCUT2D eigenvalue weighted by Crippen LogP contribution is -2.34. The standard InChI is InChI=1S/C11H13ClFNO3/c1-6(15)14-5-10(16)11(17)8-4-7(13)2-3-9(8)12/h2-4,10-11,16-17H,5H2,1H3,(H,14,15). The monoisotopic (exact) mass is 261 g/mol. The van der Waals surface area contributed by atoms with Crippen LogP contribution in [0.3, 0.4) is 0 Å². The first kappa shape index (κ1) is 13.9. The van der Waals surface area contributed by atoms with Crippen molar-refractivity contribution in [1.29, 1.82) is 0 Å². The van der Waals surface area contributed by atoms with E-state index in [0.717, 1.165) is 12.1 Å². The third-order valence-electron chi connectivity index (χ3n) is 2.20. The molecule has 2 atom stereocenters. The third-order valence-corrected chi connectivity index (χ3v) is 2.55. The first-order chi connectivity index (χ1) is 7.91. The second kappa shape index (κ2) is 5.95. The van der Waals surface area contributed by atoms with Crippen LogP contribution in [0.5, 0.6) is 0 Å². The number of rotatable bonds is 4. The van der Waals surface area contributed by atoms with Crippen LogP contribution in [0.15, 0.2) is 18.2 Å². The molecule has 0 heterocycles. The van der Waals surface area contributed by atoms with E-state index in [0.29, 0.717) is 0 Å². The fraction of sp³-hybridized carbons (Fsp3) is 0.364. The lowest BCUT2D eigenvalue weighted by molar-refractivity contribution is -0.119. The van der Waals surface area contributed by atoms with Gasteiger partial charge in [-0.05, 0) is 18.2 Å². The summed E-state index contributed by atoms with van der Waals surface area (Å²) in [6.45, 7) is 1.15. The molecule has 1 amide bonds. The summed E-state index contributed by atoms with van der Waals surface area (Å²) in [6.07, 6.45) is -2.61. The number of hydrogen-bond donors (Lipinski definition) is 3. The molecule has 17 heavy (non-hydrogen) atoms. The van der Waals surface area contributed by atoms with Crippen molar-refractivity contribution in [2.45, 2.75) is 19.1 Å². The fourth-order valence-electron chi connectivity index (χ4n) is 1.31. The Labute approximate surface area is 103 Å². The number of amides is 1. The van der Waals surface area contributed by atoms with Crippen LogP contribution in [-0.2, 0) is 4.79 Å². The van der Waals surface area contributed by atoms with E-state index in [4.69, 9.17) is 11.6 Å². The van der Waals surface area contributed by atoms with Gasteiger partial charge in [0.1, 0.15) is 18.0 Å². The zero-order valence-electron chi connectivity index (χ0n) is 9.15. The number of aliphatic hydroxyl groups is 2. The Balaban J connectivity index is 2.77. The van der Waals surface area contributed by atoms with Crippen LogP contribution in [0.4, 0.5) is 4.39 Å². The highest BCUT2D eigenvalue weighted by atomic mass is 35.5. The maximum absolute atomic E-state index is 13.0. The number of aliphatic hydroxyl groups excluding tert-OH is 2. The average molecular weight is 262 g/mol. The van der Waals surface area contributed by atoms with E-state index in [9.17, 15) is 19.4 Å². The molecule has 2 unspecified atom stereocenters. The Bertz CT molecular complexity index is 414. The van der Waals surface area contributed by atoms with Crippen LogP contribution in [0, 0.1) is 5.82 Å². The van der Waals surface area contributed by atoms with Gasteiger partial charge in [0.15, 0.2) is 0 Å². The first-order valence-electron chi connectivity index (χ1n) is 4.97. The van der Waals surface area contributed by atoms with Gasteiger partial charge in [-0.3, -0.25) is 4.79 Å². The first-order valence-corrected chi connectivity index (χ1v) is 5.35. The maximum Gasteiger partial charge on any atom is 0.216 e. The third kappa shape index (κ3) is 3.96. The van der Waals surface area contributed by atoms with Crippen LogP contribution < -0.4 is 5.32 Å². The van der Waals surface area contributed by atoms with Gasteiger partial charge in [0, 0.05) is 24.1 Å². The summed E-state index contributed by atoms with van der Waals surface area (Å²) in [6, 6.07) is 3.49. The van der Waals surface area contributed by atoms with Gasteiger partial charge in [0.05, 0.1) is 0 Å². The molecule has 94 valence electrons. The summed E-state index contributed by atoms with van der Waals surface area (Å²) in [5, 5.41) is 21.8. The fourth-order valence-corrected chi connectivity index (χ4v) is 1.54. The molecule has 0 aliphatic rings. The van der Waals surface area contributed by atoms with E-state index in [2.05, 4.69) is 5.32 Å². The summed E-state index contributed by atoms with van der Waals surface area (Å²) < 4.78 is 13.0. The molecule has 0 fully saturated rings. The Hall–Kier alpha value is -1.17. The lowest BCUT2D eigenvalue weighted by atomic mass is 10.0. The van der Waals surface area contributed by atoms with Crippen molar-refractivity contribution >= 4 is 17.5 Å². The van der Waals surface area contributed by atoms with Crippen molar-refractivity contribution in [1.82, 2.24) is 5.32 Å². The molecular weight excluding hydrogens is 249 g/mol. The van der Waals surface area contributed by atoms with Crippen LogP contribution in [0.25, 0.3) is 0 Å². The minimum atomic E-state index is -1.36. The topological polar surface area (TPSA) is 69.6 Å². The van der Waals surface area contributed by atoms with Crippen molar-refractivity contribution in [2.24, 2.45) is 0 Å². The number of carbonyl (C=O) groups excluding carboxylic acids is 1. The van der Waals surface area contributed by atoms with Crippen LogP contribution in [-0.4, -0.2) is 28.8 Å². The van der Waals surface area contributed by atoms with Crippen LogP contribution >= 0.6 is 11.6 Å². The molecule has 0 aliphatic carbocycles. The molecule has 0 radical (unpaired) electrons. The molecule has 6 heteroatoms. The number of benzene rings is 1. The second-order valence-corrected chi connectivity index (χ2v) is 4.02. The molecule has 4 nitrogen and oxygen atoms in total. The largest absolute Gasteiger partial charge is 0.388 e. The van der Waals surface area contributed by atoms with Crippen LogP contribution in [0.1, 0.15) is 18.6 Å². The Morgan fingerprint density at radius 2 is 2.18 bits per heavy atom. The number of carbonyl (C=O) groups is 1. The minimum Gasteiger partial charge on any atom is -0.388 e. The highest BCUT2D eigenvalue weighted by Crippen LogP contribution is 2.25. The van der Waals surface area contributed by atoms with Gasteiger partial charge in [-0.1, -0.05) is 11.6 Å². The molecule has 0 saturated carbocycles. The average Bonchev–Trinajstić information content (AvgIpc) is 2.28. The van der Waals surface area contributed by atoms with Crippen LogP contribution in [0.2, 0.25) is 5.02 Å². The molecule has 0 bridgehead atoms. The predicted molar refractivity (Wildman–Crippen MR) is 61.1 cm³/mol. The zero-order chi connectivity index (χ0) is 13.0. The summed E-state index contributed by atoms with van der Waals surface area (Å²) >= 11 is 5.77. The molecule has 0 aliphatic heterocycles. The molecule has 0 saturated heterocycles. The minimum absolute atomic E-state index is 0.0875. The summed E-state index contributed by atoms with van der Waals surface area (Å²) in [7, 11) is 0. The Morgan fingerprint density at radius 1 is 1.53 bits per heavy atom. The predicted octanol–water partition coefficient (Wildman–Crippen LogP) is 1.01. The van der Waals surface area contributed by atoms with Gasteiger partial charge >= 0.3 is 0 Å². The van der Waals surface area contributed by atoms with E-state index >= 15 is 0 Å². The highest BCUT2D eigenvalue weighted by Gasteiger charge is 2.21. The molecule has 1 aromatic rings. The van der Waals surface area contributed by atoms with E-state index in [-0.39, 0.29) is 23.0 Å². The Kier molecular flexibility index (Phi) is 4.86. The van der Waals surface area contributed by atoms with Crippen molar-refractivity contribution in [3.8, 4) is 0 Å². The SMILES string of the molecule is CC(=O)NCC(O)C(O)c1cc(F)ccc1Cl. The lowest BCUT2D eigenvalue weighted by Gasteiger charge is -2.19. The van der Waals surface area contributed by atoms with Crippen molar-refractivity contribution in [3.05, 3.63) is 34.6 Å². The van der Waals surface area contributed by atoms with Gasteiger partial charge < -0.3 is 15.5 Å². The van der Waals surface area contributed by atoms with E-state index < -0.39 is 18.0 Å². The van der Waals surface area contributed by atoms with Crippen molar-refractivity contribution in [2.75, 3.05) is 6.54 Å². The van der Waals surface area contributed by atoms with Crippen molar-refractivity contribution < 1.29 is 19.4 Å². The molecule has 3 N–H and O–H groups in total. The van der Waals surface area contributed by atoms with Gasteiger partial charge in [-0.15, -0.1) is 0 Å². The number of nitrogens with one attached hydrogen (secondary N) is 1. The normalized spacial score (nSPS) is 14.2. The van der Waals surface area contributed by atoms with Gasteiger partial charge in [-0.25, -0.2) is 4.39 Å². The molecule has 0 aromatic heterocycles. The molecule has 1 aromatic carbocycles. The van der Waals surface area contributed by atoms with E-state index in [1.807, 2.05) is 0 Å². The molecule has 0 spiro atoms. The smallest absolute Gasteiger partial charge is 0.216 e. The quantitative estimate of drug-likeness (QED) is 0.758. The maximum atomic E-state index is 13.0. The van der Waals surface area contributed by atoms with Gasteiger partial charge in [0.25, 0.3) is 0 Å². The number of hydrogen-bond acceptors (Lipinski definition) is 3. The second-order valence-electron chi connectivity index (χ2n) is 3.62. The summed E-state index contributed by atoms with van der Waals surface area (Å²) in [4.78, 5) is 10.6. The zero-order valence-corrected chi connectivity index (χ0v) is 9.91. The number of halogens is 2.